The third kappa shape index (κ3) is 5.09. The summed E-state index contributed by atoms with van der Waals surface area (Å²) in [6, 6.07) is 15.9. The van der Waals surface area contributed by atoms with E-state index >= 15 is 0 Å². The summed E-state index contributed by atoms with van der Waals surface area (Å²) in [6.07, 6.45) is 0.360. The van der Waals surface area contributed by atoms with Crippen molar-refractivity contribution in [1.82, 2.24) is 0 Å². The van der Waals surface area contributed by atoms with Crippen LogP contribution in [0.4, 0.5) is 5.69 Å². The van der Waals surface area contributed by atoms with Crippen molar-refractivity contribution in [2.75, 3.05) is 23.7 Å². The zero-order chi connectivity index (χ0) is 17.6. The number of aryl methyl sites for hydroxylation is 1. The molecule has 0 unspecified atom stereocenters. The fraction of sp³-hybridized carbons (Fsp3) is 0.278. The fourth-order valence-electron chi connectivity index (χ4n) is 2.41. The van der Waals surface area contributed by atoms with E-state index in [-0.39, 0.29) is 12.3 Å². The fourth-order valence-corrected chi connectivity index (χ4v) is 3.71. The average Bonchev–Trinajstić information content (AvgIpc) is 2.54. The monoisotopic (exact) mass is 347 g/mol. The summed E-state index contributed by atoms with van der Waals surface area (Å²) in [5.74, 6) is -0.959. The molecule has 0 bridgehead atoms. The molecule has 0 aliphatic heterocycles. The van der Waals surface area contributed by atoms with Crippen molar-refractivity contribution >= 4 is 21.5 Å². The smallest absolute Gasteiger partial charge is 0.323 e. The number of carboxylic acid groups (broad SMARTS) is 1. The van der Waals surface area contributed by atoms with Gasteiger partial charge in [-0.25, -0.2) is 8.42 Å². The lowest BCUT2D eigenvalue weighted by atomic mass is 10.2. The molecule has 128 valence electrons. The van der Waals surface area contributed by atoms with Crippen LogP contribution in [-0.2, 0) is 14.6 Å². The molecule has 2 rings (SSSR count). The van der Waals surface area contributed by atoms with Gasteiger partial charge in [0.2, 0.25) is 0 Å². The average molecular weight is 347 g/mol. The van der Waals surface area contributed by atoms with Crippen molar-refractivity contribution in [2.24, 2.45) is 0 Å². The number of anilines is 1. The van der Waals surface area contributed by atoms with E-state index in [9.17, 15) is 13.2 Å². The number of rotatable bonds is 8. The highest BCUT2D eigenvalue weighted by atomic mass is 32.2. The van der Waals surface area contributed by atoms with E-state index < -0.39 is 15.8 Å². The molecule has 24 heavy (non-hydrogen) atoms. The minimum absolute atomic E-state index is 0.0149. The van der Waals surface area contributed by atoms with Gasteiger partial charge in [0.25, 0.3) is 0 Å². The lowest BCUT2D eigenvalue weighted by molar-refractivity contribution is -0.135. The summed E-state index contributed by atoms with van der Waals surface area (Å²) in [5, 5.41) is 9.05. The van der Waals surface area contributed by atoms with Crippen LogP contribution < -0.4 is 4.90 Å². The maximum Gasteiger partial charge on any atom is 0.323 e. The summed E-state index contributed by atoms with van der Waals surface area (Å²) in [7, 11) is -3.36. The largest absolute Gasteiger partial charge is 0.480 e. The SMILES string of the molecule is Cc1ccc(S(=O)(=O)CCCN(CC(=O)O)c2ccccc2)cc1. The van der Waals surface area contributed by atoms with Crippen LogP contribution in [-0.4, -0.2) is 38.3 Å². The van der Waals surface area contributed by atoms with E-state index in [0.717, 1.165) is 11.3 Å². The highest BCUT2D eigenvalue weighted by molar-refractivity contribution is 7.91. The van der Waals surface area contributed by atoms with Gasteiger partial charge in [0.15, 0.2) is 9.84 Å². The standard InChI is InChI=1S/C18H21NO4S/c1-15-8-10-17(11-9-15)24(22,23)13-5-12-19(14-18(20)21)16-6-3-2-4-7-16/h2-4,6-11H,5,12-14H2,1H3,(H,20,21). The van der Waals surface area contributed by atoms with Crippen LogP contribution in [0.1, 0.15) is 12.0 Å². The Morgan fingerprint density at radius 1 is 1.04 bits per heavy atom. The molecule has 0 aromatic heterocycles. The Kier molecular flexibility index (Phi) is 5.98. The van der Waals surface area contributed by atoms with Gasteiger partial charge >= 0.3 is 5.97 Å². The summed E-state index contributed by atoms with van der Waals surface area (Å²) < 4.78 is 24.7. The van der Waals surface area contributed by atoms with Gasteiger partial charge in [-0.05, 0) is 37.6 Å². The van der Waals surface area contributed by atoms with E-state index in [1.807, 2.05) is 37.3 Å². The topological polar surface area (TPSA) is 74.7 Å². The number of hydrogen-bond donors (Lipinski definition) is 1. The molecule has 2 aromatic rings. The van der Waals surface area contributed by atoms with E-state index in [4.69, 9.17) is 5.11 Å². The molecular formula is C18H21NO4S. The van der Waals surface area contributed by atoms with Crippen molar-refractivity contribution in [2.45, 2.75) is 18.2 Å². The Morgan fingerprint density at radius 2 is 1.67 bits per heavy atom. The molecule has 0 spiro atoms. The molecule has 5 nitrogen and oxygen atoms in total. The van der Waals surface area contributed by atoms with Gasteiger partial charge < -0.3 is 10.0 Å². The molecule has 0 amide bonds. The summed E-state index contributed by atoms with van der Waals surface area (Å²) in [4.78, 5) is 13.0. The molecule has 0 atom stereocenters. The van der Waals surface area contributed by atoms with Gasteiger partial charge in [-0.2, -0.15) is 0 Å². The van der Waals surface area contributed by atoms with Crippen LogP contribution in [0.2, 0.25) is 0 Å². The Hall–Kier alpha value is -2.34. The predicted octanol–water partition coefficient (Wildman–Crippen LogP) is 2.75. The van der Waals surface area contributed by atoms with Crippen LogP contribution in [0, 0.1) is 6.92 Å². The second kappa shape index (κ2) is 7.97. The van der Waals surface area contributed by atoms with E-state index in [1.165, 1.54) is 0 Å². The first-order valence-electron chi connectivity index (χ1n) is 7.70. The third-order valence-corrected chi connectivity index (χ3v) is 5.49. The van der Waals surface area contributed by atoms with Crippen LogP contribution in [0.3, 0.4) is 0 Å². The number of carbonyl (C=O) groups is 1. The van der Waals surface area contributed by atoms with Crippen LogP contribution in [0.15, 0.2) is 59.5 Å². The minimum Gasteiger partial charge on any atom is -0.480 e. The lowest BCUT2D eigenvalue weighted by Gasteiger charge is -2.22. The first-order valence-corrected chi connectivity index (χ1v) is 9.35. The Labute approximate surface area is 142 Å². The summed E-state index contributed by atoms with van der Waals surface area (Å²) in [6.45, 7) is 2.11. The Morgan fingerprint density at radius 3 is 2.25 bits per heavy atom. The maximum absolute atomic E-state index is 12.3. The number of hydrogen-bond acceptors (Lipinski definition) is 4. The minimum atomic E-state index is -3.36. The number of sulfone groups is 1. The van der Waals surface area contributed by atoms with Gasteiger partial charge in [0.1, 0.15) is 6.54 Å². The number of aliphatic carboxylic acids is 1. The zero-order valence-electron chi connectivity index (χ0n) is 13.6. The molecule has 0 aliphatic carbocycles. The highest BCUT2D eigenvalue weighted by Gasteiger charge is 2.16. The van der Waals surface area contributed by atoms with Gasteiger partial charge in [-0.1, -0.05) is 35.9 Å². The summed E-state index contributed by atoms with van der Waals surface area (Å²) >= 11 is 0. The number of para-hydroxylation sites is 1. The molecule has 1 N–H and O–H groups in total. The Bertz CT molecular complexity index is 770. The molecule has 2 aromatic carbocycles. The second-order valence-corrected chi connectivity index (χ2v) is 7.75. The Balaban J connectivity index is 2.01. The maximum atomic E-state index is 12.3. The van der Waals surface area contributed by atoms with Crippen LogP contribution in [0.5, 0.6) is 0 Å². The van der Waals surface area contributed by atoms with Crippen LogP contribution in [0.25, 0.3) is 0 Å². The highest BCUT2D eigenvalue weighted by Crippen LogP contribution is 2.16. The molecular weight excluding hydrogens is 326 g/mol. The zero-order valence-corrected chi connectivity index (χ0v) is 14.4. The van der Waals surface area contributed by atoms with Crippen molar-refractivity contribution in [1.29, 1.82) is 0 Å². The number of nitrogens with zero attached hydrogens (tertiary/aromatic N) is 1. The van der Waals surface area contributed by atoms with E-state index in [0.29, 0.717) is 17.9 Å². The van der Waals surface area contributed by atoms with Crippen molar-refractivity contribution in [3.63, 3.8) is 0 Å². The number of carboxylic acids is 1. The third-order valence-electron chi connectivity index (χ3n) is 3.67. The van der Waals surface area contributed by atoms with Gasteiger partial charge in [0, 0.05) is 12.2 Å². The molecule has 0 saturated heterocycles. The van der Waals surface area contributed by atoms with Gasteiger partial charge in [0.05, 0.1) is 10.6 Å². The molecule has 0 saturated carbocycles. The molecule has 0 radical (unpaired) electrons. The predicted molar refractivity (Wildman–Crippen MR) is 94.1 cm³/mol. The quantitative estimate of drug-likeness (QED) is 0.795. The van der Waals surface area contributed by atoms with Gasteiger partial charge in [-0.3, -0.25) is 4.79 Å². The van der Waals surface area contributed by atoms with Crippen molar-refractivity contribution in [3.05, 3.63) is 60.2 Å². The molecule has 0 heterocycles. The van der Waals surface area contributed by atoms with Crippen molar-refractivity contribution in [3.8, 4) is 0 Å². The molecule has 0 fully saturated rings. The van der Waals surface area contributed by atoms with E-state index in [1.54, 1.807) is 29.2 Å². The molecule has 6 heteroatoms. The summed E-state index contributed by atoms with van der Waals surface area (Å²) in [5.41, 5.74) is 1.78. The second-order valence-electron chi connectivity index (χ2n) is 5.64. The van der Waals surface area contributed by atoms with Gasteiger partial charge in [-0.15, -0.1) is 0 Å². The molecule has 0 aliphatic rings. The number of benzene rings is 2. The first kappa shape index (κ1) is 18.0. The van der Waals surface area contributed by atoms with Crippen LogP contribution >= 0.6 is 0 Å². The lowest BCUT2D eigenvalue weighted by Crippen LogP contribution is -2.31. The normalized spacial score (nSPS) is 11.2. The first-order chi connectivity index (χ1) is 11.4. The van der Waals surface area contributed by atoms with Crippen molar-refractivity contribution < 1.29 is 18.3 Å². The van der Waals surface area contributed by atoms with E-state index in [2.05, 4.69) is 0 Å².